The van der Waals surface area contributed by atoms with Crippen molar-refractivity contribution in [1.29, 1.82) is 0 Å². The van der Waals surface area contributed by atoms with Crippen LogP contribution in [0.5, 0.6) is 0 Å². The Morgan fingerprint density at radius 2 is 1.92 bits per heavy atom. The number of rotatable bonds is 9. The van der Waals surface area contributed by atoms with Crippen molar-refractivity contribution < 1.29 is 8.42 Å². The zero-order valence-corrected chi connectivity index (χ0v) is 19.9. The Kier molecular flexibility index (Phi) is 11.8. The number of halogens is 2. The van der Waals surface area contributed by atoms with Crippen molar-refractivity contribution in [3.63, 3.8) is 0 Å². The zero-order chi connectivity index (χ0) is 18.9. The fourth-order valence-corrected chi connectivity index (χ4v) is 3.27. The lowest BCUT2D eigenvalue weighted by molar-refractivity contribution is 0.377. The number of nitrogens with one attached hydrogen (secondary N) is 2. The summed E-state index contributed by atoms with van der Waals surface area (Å²) < 4.78 is 23.2. The van der Waals surface area contributed by atoms with Gasteiger partial charge in [0.1, 0.15) is 0 Å². The SMILES string of the molecule is CCNC(=NCC(C)(C)Cc1cccc(Cl)c1)NCCS(=O)(=O)CC.I. The van der Waals surface area contributed by atoms with E-state index in [1.54, 1.807) is 6.92 Å². The number of aliphatic imine (C=N–C) groups is 1. The predicted molar refractivity (Wildman–Crippen MR) is 123 cm³/mol. The van der Waals surface area contributed by atoms with Crippen LogP contribution in [-0.4, -0.2) is 45.5 Å². The van der Waals surface area contributed by atoms with Crippen LogP contribution in [0.2, 0.25) is 5.02 Å². The number of hydrogen-bond acceptors (Lipinski definition) is 3. The normalized spacial score (nSPS) is 12.4. The minimum atomic E-state index is -2.98. The minimum Gasteiger partial charge on any atom is -0.357 e. The average Bonchev–Trinajstić information content (AvgIpc) is 2.52. The molecule has 0 unspecified atom stereocenters. The maximum Gasteiger partial charge on any atom is 0.191 e. The summed E-state index contributed by atoms with van der Waals surface area (Å²) in [6, 6.07) is 7.87. The molecule has 0 saturated heterocycles. The molecule has 0 bridgehead atoms. The highest BCUT2D eigenvalue weighted by Gasteiger charge is 2.19. The van der Waals surface area contributed by atoms with Gasteiger partial charge in [0.25, 0.3) is 0 Å². The number of benzene rings is 1. The second-order valence-corrected chi connectivity index (χ2v) is 9.74. The Labute approximate surface area is 180 Å². The Morgan fingerprint density at radius 1 is 1.23 bits per heavy atom. The van der Waals surface area contributed by atoms with Gasteiger partial charge in [0.05, 0.1) is 5.75 Å². The van der Waals surface area contributed by atoms with Crippen molar-refractivity contribution in [2.45, 2.75) is 34.1 Å². The molecule has 1 aromatic rings. The monoisotopic (exact) mass is 515 g/mol. The molecule has 0 fully saturated rings. The van der Waals surface area contributed by atoms with Crippen molar-refractivity contribution >= 4 is 51.4 Å². The summed E-state index contributed by atoms with van der Waals surface area (Å²) in [6.07, 6.45) is 0.862. The van der Waals surface area contributed by atoms with Gasteiger partial charge in [-0.2, -0.15) is 0 Å². The number of hydrogen-bond donors (Lipinski definition) is 2. The van der Waals surface area contributed by atoms with E-state index in [0.29, 0.717) is 19.0 Å². The molecule has 8 heteroatoms. The highest BCUT2D eigenvalue weighted by atomic mass is 127. The molecular weight excluding hydrogens is 485 g/mol. The van der Waals surface area contributed by atoms with Crippen LogP contribution in [-0.2, 0) is 16.3 Å². The van der Waals surface area contributed by atoms with Gasteiger partial charge < -0.3 is 10.6 Å². The first-order valence-corrected chi connectivity index (χ1v) is 10.8. The van der Waals surface area contributed by atoms with E-state index in [1.807, 2.05) is 25.1 Å². The molecule has 0 aliphatic carbocycles. The molecule has 0 radical (unpaired) electrons. The molecule has 0 aliphatic rings. The van der Waals surface area contributed by atoms with Crippen molar-refractivity contribution in [1.82, 2.24) is 10.6 Å². The summed E-state index contributed by atoms with van der Waals surface area (Å²) in [6.45, 7) is 9.66. The van der Waals surface area contributed by atoms with E-state index in [4.69, 9.17) is 11.6 Å². The molecule has 0 saturated carbocycles. The van der Waals surface area contributed by atoms with E-state index < -0.39 is 9.84 Å². The fraction of sp³-hybridized carbons (Fsp3) is 0.611. The topological polar surface area (TPSA) is 70.6 Å². The Hall–Kier alpha value is -0.540. The van der Waals surface area contributed by atoms with Crippen LogP contribution in [0.25, 0.3) is 0 Å². The predicted octanol–water partition coefficient (Wildman–Crippen LogP) is 3.52. The van der Waals surface area contributed by atoms with Crippen LogP contribution in [0.1, 0.15) is 33.3 Å². The molecule has 0 heterocycles. The zero-order valence-electron chi connectivity index (χ0n) is 16.0. The first-order valence-electron chi connectivity index (χ1n) is 8.64. The van der Waals surface area contributed by atoms with Gasteiger partial charge in [-0.15, -0.1) is 24.0 Å². The minimum absolute atomic E-state index is 0. The third-order valence-corrected chi connectivity index (χ3v) is 5.67. The molecule has 1 aromatic carbocycles. The molecule has 1 rings (SSSR count). The summed E-state index contributed by atoms with van der Waals surface area (Å²) in [7, 11) is -2.98. The van der Waals surface area contributed by atoms with Gasteiger partial charge in [0.15, 0.2) is 15.8 Å². The maximum absolute atomic E-state index is 11.6. The third-order valence-electron chi connectivity index (χ3n) is 3.73. The molecule has 0 atom stereocenters. The molecule has 0 spiro atoms. The van der Waals surface area contributed by atoms with Gasteiger partial charge in [0, 0.05) is 30.4 Å². The van der Waals surface area contributed by atoms with E-state index in [2.05, 4.69) is 35.5 Å². The van der Waals surface area contributed by atoms with Gasteiger partial charge in [0.2, 0.25) is 0 Å². The average molecular weight is 516 g/mol. The Balaban J connectivity index is 0.00000625. The highest BCUT2D eigenvalue weighted by Crippen LogP contribution is 2.23. The van der Waals surface area contributed by atoms with Gasteiger partial charge in [-0.25, -0.2) is 8.42 Å². The van der Waals surface area contributed by atoms with Crippen molar-refractivity contribution in [2.75, 3.05) is 31.1 Å². The second kappa shape index (κ2) is 12.0. The van der Waals surface area contributed by atoms with Crippen molar-refractivity contribution in [3.05, 3.63) is 34.9 Å². The first kappa shape index (κ1) is 25.5. The molecule has 150 valence electrons. The van der Waals surface area contributed by atoms with Gasteiger partial charge in [-0.05, 0) is 36.5 Å². The molecule has 0 amide bonds. The summed E-state index contributed by atoms with van der Waals surface area (Å²) in [5.74, 6) is 0.919. The molecule has 26 heavy (non-hydrogen) atoms. The smallest absolute Gasteiger partial charge is 0.191 e. The molecule has 2 N–H and O–H groups in total. The van der Waals surface area contributed by atoms with E-state index in [-0.39, 0.29) is 40.9 Å². The largest absolute Gasteiger partial charge is 0.357 e. The van der Waals surface area contributed by atoms with E-state index >= 15 is 0 Å². The van der Waals surface area contributed by atoms with E-state index in [1.165, 1.54) is 5.56 Å². The lowest BCUT2D eigenvalue weighted by atomic mass is 9.86. The maximum atomic E-state index is 11.6. The molecule has 0 aromatic heterocycles. The Bertz CT molecular complexity index is 679. The van der Waals surface area contributed by atoms with Crippen LogP contribution in [0.4, 0.5) is 0 Å². The summed E-state index contributed by atoms with van der Waals surface area (Å²) in [4.78, 5) is 4.62. The highest BCUT2D eigenvalue weighted by molar-refractivity contribution is 14.0. The lowest BCUT2D eigenvalue weighted by Crippen LogP contribution is -2.40. The number of sulfone groups is 1. The van der Waals surface area contributed by atoms with Crippen LogP contribution in [0, 0.1) is 5.41 Å². The van der Waals surface area contributed by atoms with Crippen LogP contribution < -0.4 is 10.6 Å². The van der Waals surface area contributed by atoms with Gasteiger partial charge in [-0.1, -0.05) is 44.5 Å². The summed E-state index contributed by atoms with van der Waals surface area (Å²) >= 11 is 6.05. The Morgan fingerprint density at radius 3 is 2.50 bits per heavy atom. The van der Waals surface area contributed by atoms with Crippen LogP contribution in [0.3, 0.4) is 0 Å². The quantitative estimate of drug-likeness (QED) is 0.300. The van der Waals surface area contributed by atoms with E-state index in [0.717, 1.165) is 18.0 Å². The third kappa shape index (κ3) is 10.6. The molecule has 0 aliphatic heterocycles. The van der Waals surface area contributed by atoms with Crippen LogP contribution in [0.15, 0.2) is 29.3 Å². The van der Waals surface area contributed by atoms with Gasteiger partial charge in [-0.3, -0.25) is 4.99 Å². The summed E-state index contributed by atoms with van der Waals surface area (Å²) in [5, 5.41) is 6.99. The van der Waals surface area contributed by atoms with E-state index in [9.17, 15) is 8.42 Å². The van der Waals surface area contributed by atoms with Crippen LogP contribution >= 0.6 is 35.6 Å². The van der Waals surface area contributed by atoms with Crippen molar-refractivity contribution in [3.8, 4) is 0 Å². The second-order valence-electron chi connectivity index (χ2n) is 6.83. The van der Waals surface area contributed by atoms with Crippen molar-refractivity contribution in [2.24, 2.45) is 10.4 Å². The number of nitrogens with zero attached hydrogens (tertiary/aromatic N) is 1. The lowest BCUT2D eigenvalue weighted by Gasteiger charge is -2.23. The first-order chi connectivity index (χ1) is 11.7. The molecular formula is C18H31ClIN3O2S. The summed E-state index contributed by atoms with van der Waals surface area (Å²) in [5.41, 5.74) is 1.14. The molecule has 5 nitrogen and oxygen atoms in total. The number of guanidine groups is 1. The fourth-order valence-electron chi connectivity index (χ4n) is 2.36. The standard InChI is InChI=1S/C18H30ClN3O2S.HI/c1-5-20-17(21-10-11-25(23,24)6-2)22-14-18(3,4)13-15-8-7-9-16(19)12-15;/h7-9,12H,5-6,10-11,13-14H2,1-4H3,(H2,20,21,22);1H. The van der Waals surface area contributed by atoms with Gasteiger partial charge >= 0.3 is 0 Å².